The first-order valence-electron chi connectivity index (χ1n) is 6.98. The fourth-order valence-electron chi connectivity index (χ4n) is 2.37. The molecule has 0 aliphatic carbocycles. The topological polar surface area (TPSA) is 34.1 Å². The van der Waals surface area contributed by atoms with Crippen molar-refractivity contribution < 1.29 is 4.74 Å². The minimum Gasteiger partial charge on any atom is -0.496 e. The molecule has 0 saturated heterocycles. The van der Waals surface area contributed by atoms with Crippen LogP contribution in [0.3, 0.4) is 0 Å². The first kappa shape index (κ1) is 14.0. The Balaban J connectivity index is 1.72. The molecule has 1 atom stereocenters. The van der Waals surface area contributed by atoms with Gasteiger partial charge in [0.2, 0.25) is 0 Å². The number of benzene rings is 2. The van der Waals surface area contributed by atoms with Crippen LogP contribution in [0.2, 0.25) is 0 Å². The molecular formula is C17H18N2OS. The number of ether oxygens (including phenoxy) is 1. The molecule has 0 fully saturated rings. The van der Waals surface area contributed by atoms with Gasteiger partial charge in [-0.1, -0.05) is 30.3 Å². The number of methoxy groups -OCH3 is 1. The molecule has 3 aromatic rings. The maximum Gasteiger partial charge on any atom is 0.123 e. The Hall–Kier alpha value is -1.91. The van der Waals surface area contributed by atoms with Crippen molar-refractivity contribution >= 4 is 21.6 Å². The minimum atomic E-state index is 0.216. The number of thiazole rings is 1. The van der Waals surface area contributed by atoms with Gasteiger partial charge in [-0.05, 0) is 25.1 Å². The van der Waals surface area contributed by atoms with Gasteiger partial charge in [0.25, 0.3) is 0 Å². The smallest absolute Gasteiger partial charge is 0.123 e. The molecule has 2 aromatic carbocycles. The van der Waals surface area contributed by atoms with Gasteiger partial charge in [-0.2, -0.15) is 0 Å². The number of hydrogen-bond donors (Lipinski definition) is 1. The quantitative estimate of drug-likeness (QED) is 0.768. The summed E-state index contributed by atoms with van der Waals surface area (Å²) < 4.78 is 6.65. The van der Waals surface area contributed by atoms with Gasteiger partial charge in [-0.3, -0.25) is 0 Å². The van der Waals surface area contributed by atoms with Gasteiger partial charge >= 0.3 is 0 Å². The highest BCUT2D eigenvalue weighted by Gasteiger charge is 2.11. The Bertz CT molecular complexity index is 705. The highest BCUT2D eigenvalue weighted by molar-refractivity contribution is 7.18. The molecule has 21 heavy (non-hydrogen) atoms. The monoisotopic (exact) mass is 298 g/mol. The minimum absolute atomic E-state index is 0.216. The Morgan fingerprint density at radius 3 is 2.71 bits per heavy atom. The van der Waals surface area contributed by atoms with E-state index < -0.39 is 0 Å². The molecule has 1 N–H and O–H groups in total. The second-order valence-electron chi connectivity index (χ2n) is 4.92. The van der Waals surface area contributed by atoms with E-state index in [-0.39, 0.29) is 6.04 Å². The number of rotatable bonds is 5. The Morgan fingerprint density at radius 2 is 1.90 bits per heavy atom. The third-order valence-corrected chi connectivity index (χ3v) is 4.54. The van der Waals surface area contributed by atoms with Crippen molar-refractivity contribution in [2.24, 2.45) is 0 Å². The largest absolute Gasteiger partial charge is 0.496 e. The van der Waals surface area contributed by atoms with Crippen LogP contribution in [0.1, 0.15) is 23.5 Å². The number of nitrogens with zero attached hydrogens (tertiary/aromatic N) is 1. The van der Waals surface area contributed by atoms with Crippen molar-refractivity contribution in [2.75, 3.05) is 7.11 Å². The van der Waals surface area contributed by atoms with E-state index in [0.29, 0.717) is 0 Å². The summed E-state index contributed by atoms with van der Waals surface area (Å²) in [5, 5.41) is 4.63. The highest BCUT2D eigenvalue weighted by atomic mass is 32.1. The third kappa shape index (κ3) is 3.06. The van der Waals surface area contributed by atoms with Gasteiger partial charge in [0, 0.05) is 18.2 Å². The predicted molar refractivity (Wildman–Crippen MR) is 87.9 cm³/mol. The number of para-hydroxylation sites is 2. The number of nitrogens with one attached hydrogen (secondary N) is 1. The molecule has 3 rings (SSSR count). The lowest BCUT2D eigenvalue weighted by Crippen LogP contribution is -2.18. The summed E-state index contributed by atoms with van der Waals surface area (Å²) in [6.45, 7) is 2.91. The lowest BCUT2D eigenvalue weighted by Gasteiger charge is -2.16. The second kappa shape index (κ2) is 6.24. The van der Waals surface area contributed by atoms with E-state index in [1.54, 1.807) is 18.4 Å². The number of aromatic nitrogens is 1. The van der Waals surface area contributed by atoms with E-state index >= 15 is 0 Å². The van der Waals surface area contributed by atoms with E-state index in [9.17, 15) is 0 Å². The van der Waals surface area contributed by atoms with Crippen LogP contribution in [0, 0.1) is 0 Å². The van der Waals surface area contributed by atoms with Gasteiger partial charge in [0.05, 0.1) is 17.3 Å². The van der Waals surface area contributed by atoms with Crippen LogP contribution in [-0.4, -0.2) is 12.1 Å². The molecule has 0 amide bonds. The standard InChI is InChI=1S/C17H18N2OS/c1-12(13-7-3-5-9-15(13)20-2)18-11-17-19-14-8-4-6-10-16(14)21-17/h3-10,12,18H,11H2,1-2H3/t12-/m0/s1. The van der Waals surface area contributed by atoms with Crippen molar-refractivity contribution in [3.8, 4) is 5.75 Å². The van der Waals surface area contributed by atoms with Gasteiger partial charge in [0.15, 0.2) is 0 Å². The first-order valence-corrected chi connectivity index (χ1v) is 7.80. The van der Waals surface area contributed by atoms with Crippen LogP contribution >= 0.6 is 11.3 Å². The zero-order valence-corrected chi connectivity index (χ0v) is 13.0. The number of hydrogen-bond acceptors (Lipinski definition) is 4. The summed E-state index contributed by atoms with van der Waals surface area (Å²) in [6, 6.07) is 16.6. The van der Waals surface area contributed by atoms with Crippen LogP contribution in [0.4, 0.5) is 0 Å². The fourth-order valence-corrected chi connectivity index (χ4v) is 3.29. The van der Waals surface area contributed by atoms with E-state index in [1.807, 2.05) is 24.3 Å². The van der Waals surface area contributed by atoms with E-state index in [0.717, 1.165) is 22.8 Å². The summed E-state index contributed by atoms with van der Waals surface area (Å²) in [4.78, 5) is 4.65. The molecule has 3 nitrogen and oxygen atoms in total. The summed E-state index contributed by atoms with van der Waals surface area (Å²) in [5.74, 6) is 0.918. The van der Waals surface area contributed by atoms with Crippen molar-refractivity contribution in [2.45, 2.75) is 19.5 Å². The van der Waals surface area contributed by atoms with Gasteiger partial charge in [0.1, 0.15) is 10.8 Å². The second-order valence-corrected chi connectivity index (χ2v) is 6.04. The molecule has 1 aromatic heterocycles. The van der Waals surface area contributed by atoms with Crippen molar-refractivity contribution in [3.63, 3.8) is 0 Å². The lowest BCUT2D eigenvalue weighted by atomic mass is 10.1. The molecule has 4 heteroatoms. The van der Waals surface area contributed by atoms with Crippen LogP contribution in [0.5, 0.6) is 5.75 Å². The van der Waals surface area contributed by atoms with Crippen LogP contribution in [0.25, 0.3) is 10.2 Å². The highest BCUT2D eigenvalue weighted by Crippen LogP contribution is 2.26. The molecule has 108 valence electrons. The molecule has 0 unspecified atom stereocenters. The molecule has 0 radical (unpaired) electrons. The maximum atomic E-state index is 5.41. The molecule has 0 spiro atoms. The van der Waals surface area contributed by atoms with Crippen LogP contribution < -0.4 is 10.1 Å². The molecule has 0 bridgehead atoms. The maximum absolute atomic E-state index is 5.41. The zero-order valence-electron chi connectivity index (χ0n) is 12.2. The van der Waals surface area contributed by atoms with Crippen molar-refractivity contribution in [1.82, 2.24) is 10.3 Å². The summed E-state index contributed by atoms with van der Waals surface area (Å²) in [5.41, 5.74) is 2.24. The molecule has 0 aliphatic heterocycles. The Kier molecular flexibility index (Phi) is 4.18. The molecule has 0 aliphatic rings. The number of fused-ring (bicyclic) bond motifs is 1. The molecule has 0 saturated carbocycles. The fraction of sp³-hybridized carbons (Fsp3) is 0.235. The summed E-state index contributed by atoms with van der Waals surface area (Å²) >= 11 is 1.74. The van der Waals surface area contributed by atoms with Crippen LogP contribution in [0.15, 0.2) is 48.5 Å². The van der Waals surface area contributed by atoms with Crippen molar-refractivity contribution in [1.29, 1.82) is 0 Å². The van der Waals surface area contributed by atoms with Crippen LogP contribution in [-0.2, 0) is 6.54 Å². The zero-order chi connectivity index (χ0) is 14.7. The lowest BCUT2D eigenvalue weighted by molar-refractivity contribution is 0.401. The van der Waals surface area contributed by atoms with Crippen molar-refractivity contribution in [3.05, 3.63) is 59.1 Å². The normalized spacial score (nSPS) is 12.5. The van der Waals surface area contributed by atoms with Gasteiger partial charge < -0.3 is 10.1 Å². The van der Waals surface area contributed by atoms with Gasteiger partial charge in [-0.25, -0.2) is 4.98 Å². The molecular weight excluding hydrogens is 280 g/mol. The average Bonchev–Trinajstić information content (AvgIpc) is 2.95. The van der Waals surface area contributed by atoms with E-state index in [4.69, 9.17) is 4.74 Å². The van der Waals surface area contributed by atoms with Gasteiger partial charge in [-0.15, -0.1) is 11.3 Å². The third-order valence-electron chi connectivity index (χ3n) is 3.50. The van der Waals surface area contributed by atoms with E-state index in [2.05, 4.69) is 41.5 Å². The predicted octanol–water partition coefficient (Wildman–Crippen LogP) is 4.16. The average molecular weight is 298 g/mol. The molecule has 1 heterocycles. The Morgan fingerprint density at radius 1 is 1.14 bits per heavy atom. The van der Waals surface area contributed by atoms with E-state index in [1.165, 1.54) is 10.3 Å². The summed E-state index contributed by atoms with van der Waals surface area (Å²) in [6.07, 6.45) is 0. The SMILES string of the molecule is COc1ccccc1[C@H](C)NCc1nc2ccccc2s1. The Labute approximate surface area is 128 Å². The first-order chi connectivity index (χ1) is 10.3. The summed E-state index contributed by atoms with van der Waals surface area (Å²) in [7, 11) is 1.71.